The highest BCUT2D eigenvalue weighted by Crippen LogP contribution is 2.21. The van der Waals surface area contributed by atoms with Gasteiger partial charge in [-0.15, -0.1) is 0 Å². The van der Waals surface area contributed by atoms with Crippen LogP contribution in [0, 0.1) is 5.92 Å². The zero-order chi connectivity index (χ0) is 13.9. The summed E-state index contributed by atoms with van der Waals surface area (Å²) in [5.41, 5.74) is 1.42. The second-order valence-electron chi connectivity index (χ2n) is 5.01. The molecule has 1 aromatic carbocycles. The molecule has 0 amide bonds. The first kappa shape index (κ1) is 15.2. The monoisotopic (exact) mass is 313 g/mol. The molecule has 100 valence electrons. The standard InChI is InChI=1S/C14H20BrNO2/c1-9(2)10(3)16(4)8-12-6-5-11(14(17)18)7-13(12)15/h5-7,9-10H,8H2,1-4H3,(H,17,18). The molecular weight excluding hydrogens is 294 g/mol. The smallest absolute Gasteiger partial charge is 0.335 e. The van der Waals surface area contributed by atoms with Crippen molar-refractivity contribution in [3.8, 4) is 0 Å². The fourth-order valence-corrected chi connectivity index (χ4v) is 2.23. The van der Waals surface area contributed by atoms with Crippen molar-refractivity contribution in [1.82, 2.24) is 4.90 Å². The summed E-state index contributed by atoms with van der Waals surface area (Å²) < 4.78 is 0.852. The van der Waals surface area contributed by atoms with E-state index in [2.05, 4.69) is 48.6 Å². The fraction of sp³-hybridized carbons (Fsp3) is 0.500. The van der Waals surface area contributed by atoms with Gasteiger partial charge in [-0.2, -0.15) is 0 Å². The van der Waals surface area contributed by atoms with Crippen LogP contribution in [0.5, 0.6) is 0 Å². The van der Waals surface area contributed by atoms with Crippen LogP contribution in [0.25, 0.3) is 0 Å². The van der Waals surface area contributed by atoms with Gasteiger partial charge in [-0.3, -0.25) is 4.90 Å². The molecule has 0 saturated heterocycles. The SMILES string of the molecule is CC(C)C(C)N(C)Cc1ccc(C(=O)O)cc1Br. The van der Waals surface area contributed by atoms with Crippen LogP contribution in [0.3, 0.4) is 0 Å². The molecule has 0 aliphatic heterocycles. The van der Waals surface area contributed by atoms with E-state index in [9.17, 15) is 4.79 Å². The lowest BCUT2D eigenvalue weighted by Gasteiger charge is -2.28. The molecule has 0 aliphatic rings. The Morgan fingerprint density at radius 3 is 2.44 bits per heavy atom. The molecule has 1 aromatic rings. The quantitative estimate of drug-likeness (QED) is 0.902. The highest BCUT2D eigenvalue weighted by molar-refractivity contribution is 9.10. The van der Waals surface area contributed by atoms with Gasteiger partial charge in [0.15, 0.2) is 0 Å². The molecule has 0 spiro atoms. The summed E-state index contributed by atoms with van der Waals surface area (Å²) in [4.78, 5) is 13.1. The van der Waals surface area contributed by atoms with Crippen molar-refractivity contribution in [2.45, 2.75) is 33.4 Å². The summed E-state index contributed by atoms with van der Waals surface area (Å²) in [6.07, 6.45) is 0. The van der Waals surface area contributed by atoms with E-state index in [1.165, 1.54) is 0 Å². The number of benzene rings is 1. The first-order valence-corrected chi connectivity index (χ1v) is 6.84. The Morgan fingerprint density at radius 1 is 1.39 bits per heavy atom. The molecule has 0 aliphatic carbocycles. The van der Waals surface area contributed by atoms with Gasteiger partial charge >= 0.3 is 5.97 Å². The van der Waals surface area contributed by atoms with Crippen molar-refractivity contribution in [2.75, 3.05) is 7.05 Å². The average Bonchev–Trinajstić information content (AvgIpc) is 2.30. The van der Waals surface area contributed by atoms with Crippen LogP contribution in [0.15, 0.2) is 22.7 Å². The molecular formula is C14H20BrNO2. The summed E-state index contributed by atoms with van der Waals surface area (Å²) in [5.74, 6) is -0.307. The predicted octanol–water partition coefficient (Wildman–Crippen LogP) is 3.62. The number of hydrogen-bond donors (Lipinski definition) is 1. The molecule has 0 heterocycles. The Hall–Kier alpha value is -0.870. The van der Waals surface area contributed by atoms with Crippen LogP contribution in [0.4, 0.5) is 0 Å². The largest absolute Gasteiger partial charge is 0.478 e. The number of carboxylic acid groups (broad SMARTS) is 1. The van der Waals surface area contributed by atoms with E-state index in [-0.39, 0.29) is 0 Å². The maximum atomic E-state index is 10.9. The first-order valence-electron chi connectivity index (χ1n) is 6.05. The number of halogens is 1. The minimum Gasteiger partial charge on any atom is -0.478 e. The number of nitrogens with zero attached hydrogens (tertiary/aromatic N) is 1. The number of carbonyl (C=O) groups is 1. The summed E-state index contributed by atoms with van der Waals surface area (Å²) in [5, 5.41) is 8.91. The third-order valence-electron chi connectivity index (χ3n) is 3.38. The summed E-state index contributed by atoms with van der Waals surface area (Å²) in [6.45, 7) is 7.40. The molecule has 0 radical (unpaired) electrons. The third-order valence-corrected chi connectivity index (χ3v) is 4.12. The van der Waals surface area contributed by atoms with Gasteiger partial charge in [0.1, 0.15) is 0 Å². The van der Waals surface area contributed by atoms with Crippen molar-refractivity contribution < 1.29 is 9.90 Å². The van der Waals surface area contributed by atoms with Crippen LogP contribution in [-0.2, 0) is 6.54 Å². The third kappa shape index (κ3) is 3.82. The summed E-state index contributed by atoms with van der Waals surface area (Å²) in [7, 11) is 2.09. The van der Waals surface area contributed by atoms with E-state index in [1.807, 2.05) is 6.07 Å². The van der Waals surface area contributed by atoms with E-state index in [0.29, 0.717) is 17.5 Å². The Kier molecular flexibility index (Phi) is 5.35. The van der Waals surface area contributed by atoms with E-state index < -0.39 is 5.97 Å². The van der Waals surface area contributed by atoms with E-state index in [1.54, 1.807) is 12.1 Å². The Morgan fingerprint density at radius 2 is 2.00 bits per heavy atom. The van der Waals surface area contributed by atoms with Crippen LogP contribution in [-0.4, -0.2) is 29.1 Å². The maximum absolute atomic E-state index is 10.9. The van der Waals surface area contributed by atoms with Crippen molar-refractivity contribution in [3.63, 3.8) is 0 Å². The molecule has 0 saturated carbocycles. The summed E-state index contributed by atoms with van der Waals surface area (Å²) in [6, 6.07) is 5.66. The lowest BCUT2D eigenvalue weighted by Crippen LogP contribution is -2.32. The lowest BCUT2D eigenvalue weighted by atomic mass is 10.0. The molecule has 1 N–H and O–H groups in total. The molecule has 1 unspecified atom stereocenters. The lowest BCUT2D eigenvalue weighted by molar-refractivity contribution is 0.0697. The molecule has 0 bridgehead atoms. The van der Waals surface area contributed by atoms with E-state index >= 15 is 0 Å². The number of carboxylic acids is 1. The number of aromatic carboxylic acids is 1. The highest BCUT2D eigenvalue weighted by Gasteiger charge is 2.15. The normalized spacial score (nSPS) is 13.1. The van der Waals surface area contributed by atoms with Crippen LogP contribution >= 0.6 is 15.9 Å². The van der Waals surface area contributed by atoms with Crippen LogP contribution < -0.4 is 0 Å². The van der Waals surface area contributed by atoms with Gasteiger partial charge in [0.25, 0.3) is 0 Å². The Bertz CT molecular complexity index is 432. The minimum atomic E-state index is -0.897. The first-order chi connectivity index (χ1) is 8.32. The molecule has 18 heavy (non-hydrogen) atoms. The van der Waals surface area contributed by atoms with Crippen molar-refractivity contribution in [2.24, 2.45) is 5.92 Å². The van der Waals surface area contributed by atoms with Crippen LogP contribution in [0.2, 0.25) is 0 Å². The van der Waals surface area contributed by atoms with Gasteiger partial charge in [-0.05, 0) is 37.6 Å². The number of hydrogen-bond acceptors (Lipinski definition) is 2. The molecule has 3 nitrogen and oxygen atoms in total. The molecule has 1 atom stereocenters. The van der Waals surface area contributed by atoms with Gasteiger partial charge in [-0.25, -0.2) is 4.79 Å². The Balaban J connectivity index is 2.83. The topological polar surface area (TPSA) is 40.5 Å². The molecule has 4 heteroatoms. The minimum absolute atomic E-state index is 0.310. The van der Waals surface area contributed by atoms with Crippen LogP contribution in [0.1, 0.15) is 36.7 Å². The van der Waals surface area contributed by atoms with Gasteiger partial charge in [-0.1, -0.05) is 35.8 Å². The van der Waals surface area contributed by atoms with Crippen molar-refractivity contribution in [1.29, 1.82) is 0 Å². The number of rotatable bonds is 5. The highest BCUT2D eigenvalue weighted by atomic mass is 79.9. The summed E-state index contributed by atoms with van der Waals surface area (Å²) >= 11 is 3.44. The molecule has 0 aromatic heterocycles. The predicted molar refractivity (Wildman–Crippen MR) is 76.9 cm³/mol. The Labute approximate surface area is 117 Å². The van der Waals surface area contributed by atoms with E-state index in [4.69, 9.17) is 5.11 Å². The van der Waals surface area contributed by atoms with Gasteiger partial charge < -0.3 is 5.11 Å². The molecule has 1 rings (SSSR count). The molecule has 0 fully saturated rings. The fourth-order valence-electron chi connectivity index (χ4n) is 1.73. The maximum Gasteiger partial charge on any atom is 0.335 e. The second kappa shape index (κ2) is 6.34. The zero-order valence-corrected chi connectivity index (χ0v) is 12.9. The van der Waals surface area contributed by atoms with E-state index in [0.717, 1.165) is 16.6 Å². The van der Waals surface area contributed by atoms with Crippen molar-refractivity contribution >= 4 is 21.9 Å². The van der Waals surface area contributed by atoms with Gasteiger partial charge in [0.05, 0.1) is 5.56 Å². The zero-order valence-electron chi connectivity index (χ0n) is 11.3. The van der Waals surface area contributed by atoms with Crippen molar-refractivity contribution in [3.05, 3.63) is 33.8 Å². The van der Waals surface area contributed by atoms with Gasteiger partial charge in [0.2, 0.25) is 0 Å². The van der Waals surface area contributed by atoms with Gasteiger partial charge in [0, 0.05) is 17.1 Å². The second-order valence-corrected chi connectivity index (χ2v) is 5.87. The average molecular weight is 314 g/mol.